The molecule has 9 nitrogen and oxygen atoms in total. The highest BCUT2D eigenvalue weighted by Crippen LogP contribution is 2.32. The van der Waals surface area contributed by atoms with Crippen LogP contribution < -0.4 is 10.2 Å². The zero-order chi connectivity index (χ0) is 28.2. The van der Waals surface area contributed by atoms with Gasteiger partial charge in [0, 0.05) is 30.2 Å². The summed E-state index contributed by atoms with van der Waals surface area (Å²) in [5.74, 6) is 0.599. The monoisotopic (exact) mass is 544 g/mol. The van der Waals surface area contributed by atoms with Gasteiger partial charge in [-0.15, -0.1) is 0 Å². The molecular formula is C32H32N8O. The maximum atomic E-state index is 12.6. The van der Waals surface area contributed by atoms with Crippen LogP contribution in [0, 0.1) is 0 Å². The highest BCUT2D eigenvalue weighted by atomic mass is 16.1. The Morgan fingerprint density at radius 1 is 0.927 bits per heavy atom. The second-order valence-electron chi connectivity index (χ2n) is 10.1. The van der Waals surface area contributed by atoms with E-state index in [9.17, 15) is 4.79 Å². The Morgan fingerprint density at radius 2 is 1.78 bits per heavy atom. The Bertz CT molecular complexity index is 1810. The van der Waals surface area contributed by atoms with Gasteiger partial charge in [-0.3, -0.25) is 19.9 Å². The molecule has 4 heterocycles. The summed E-state index contributed by atoms with van der Waals surface area (Å²) >= 11 is 0. The molecule has 0 fully saturated rings. The minimum absolute atomic E-state index is 0.0854. The van der Waals surface area contributed by atoms with Gasteiger partial charge in [-0.2, -0.15) is 5.10 Å². The fraction of sp³-hybridized carbons (Fsp3) is 0.219. The van der Waals surface area contributed by atoms with Crippen molar-refractivity contribution in [2.75, 3.05) is 23.3 Å². The second kappa shape index (κ2) is 11.6. The summed E-state index contributed by atoms with van der Waals surface area (Å²) in [6.45, 7) is 6.20. The van der Waals surface area contributed by atoms with E-state index in [1.165, 1.54) is 0 Å². The number of carbonyl (C=O) groups is 1. The van der Waals surface area contributed by atoms with Crippen molar-refractivity contribution in [2.24, 2.45) is 0 Å². The van der Waals surface area contributed by atoms with Crippen LogP contribution in [0.5, 0.6) is 0 Å². The molecular weight excluding hydrogens is 512 g/mol. The summed E-state index contributed by atoms with van der Waals surface area (Å²) < 4.78 is 0. The Balaban J connectivity index is 1.30. The number of carbonyl (C=O) groups excluding carboxylic acids is 1. The first-order valence-electron chi connectivity index (χ1n) is 14.0. The van der Waals surface area contributed by atoms with Crippen LogP contribution in [0.3, 0.4) is 0 Å². The number of amides is 1. The lowest BCUT2D eigenvalue weighted by Crippen LogP contribution is -2.24. The van der Waals surface area contributed by atoms with Gasteiger partial charge in [-0.25, -0.2) is 4.98 Å². The Morgan fingerprint density at radius 3 is 2.61 bits per heavy atom. The summed E-state index contributed by atoms with van der Waals surface area (Å²) in [5, 5.41) is 11.7. The minimum atomic E-state index is -0.0854. The Labute approximate surface area is 238 Å². The van der Waals surface area contributed by atoms with E-state index in [0.29, 0.717) is 17.9 Å². The van der Waals surface area contributed by atoms with E-state index >= 15 is 0 Å². The van der Waals surface area contributed by atoms with Gasteiger partial charge in [-0.1, -0.05) is 49.7 Å². The van der Waals surface area contributed by atoms with E-state index in [4.69, 9.17) is 4.98 Å². The summed E-state index contributed by atoms with van der Waals surface area (Å²) in [7, 11) is 0. The zero-order valence-electron chi connectivity index (χ0n) is 23.2. The first-order valence-corrected chi connectivity index (χ1v) is 14.0. The van der Waals surface area contributed by atoms with Gasteiger partial charge in [-0.05, 0) is 42.7 Å². The molecule has 1 amide bonds. The van der Waals surface area contributed by atoms with E-state index in [0.717, 1.165) is 75.9 Å². The second-order valence-corrected chi connectivity index (χ2v) is 10.1. The molecule has 0 radical (unpaired) electrons. The van der Waals surface area contributed by atoms with Gasteiger partial charge >= 0.3 is 0 Å². The van der Waals surface area contributed by atoms with E-state index in [1.54, 1.807) is 12.4 Å². The van der Waals surface area contributed by atoms with Crippen molar-refractivity contribution in [3.63, 3.8) is 0 Å². The van der Waals surface area contributed by atoms with Gasteiger partial charge in [0.25, 0.3) is 0 Å². The van der Waals surface area contributed by atoms with Crippen molar-refractivity contribution >= 4 is 39.2 Å². The topological polar surface area (TPSA) is 115 Å². The molecule has 3 N–H and O–H groups in total. The molecule has 0 bridgehead atoms. The third kappa shape index (κ3) is 5.51. The Hall–Kier alpha value is -5.05. The smallest absolute Gasteiger partial charge is 0.228 e. The predicted molar refractivity (Wildman–Crippen MR) is 164 cm³/mol. The molecule has 2 aromatic carbocycles. The van der Waals surface area contributed by atoms with Crippen LogP contribution in [-0.4, -0.2) is 49.1 Å². The molecule has 0 aliphatic heterocycles. The number of pyridine rings is 2. The average Bonchev–Trinajstić information content (AvgIpc) is 3.62. The molecule has 6 aromatic rings. The quantitative estimate of drug-likeness (QED) is 0.185. The van der Waals surface area contributed by atoms with E-state index in [2.05, 4.69) is 55.3 Å². The molecule has 0 unspecified atom stereocenters. The van der Waals surface area contributed by atoms with E-state index < -0.39 is 0 Å². The third-order valence-corrected chi connectivity index (χ3v) is 7.23. The first-order chi connectivity index (χ1) is 20.1. The van der Waals surface area contributed by atoms with E-state index in [1.807, 2.05) is 60.9 Å². The van der Waals surface area contributed by atoms with Crippen molar-refractivity contribution in [2.45, 2.75) is 33.1 Å². The number of hydrogen-bond donors (Lipinski definition) is 3. The molecule has 0 spiro atoms. The molecule has 6 rings (SSSR count). The standard InChI is InChI=1S/C32H32N8O/c1-3-5-13-40(4-2)28-20-34-19-27-31(28)37-32(36-27)30-25-16-22(11-12-26(25)38-39-30)23-15-24(18-33-17-23)35-29(41)14-21-9-7-6-8-10-21/h6-12,15-20H,3-5,13-14H2,1-2H3,(H,35,41)(H,36,37)(H,38,39). The lowest BCUT2D eigenvalue weighted by molar-refractivity contribution is -0.115. The molecule has 0 saturated carbocycles. The van der Waals surface area contributed by atoms with Crippen LogP contribution in [0.2, 0.25) is 0 Å². The number of benzene rings is 2. The first kappa shape index (κ1) is 26.2. The van der Waals surface area contributed by atoms with Crippen LogP contribution in [0.1, 0.15) is 32.3 Å². The predicted octanol–water partition coefficient (Wildman–Crippen LogP) is 6.37. The van der Waals surface area contributed by atoms with Crippen molar-refractivity contribution in [1.82, 2.24) is 30.1 Å². The van der Waals surface area contributed by atoms with Crippen molar-refractivity contribution in [3.8, 4) is 22.6 Å². The van der Waals surface area contributed by atoms with Gasteiger partial charge in [0.1, 0.15) is 11.2 Å². The highest BCUT2D eigenvalue weighted by Gasteiger charge is 2.18. The van der Waals surface area contributed by atoms with Gasteiger partial charge < -0.3 is 15.2 Å². The van der Waals surface area contributed by atoms with Crippen molar-refractivity contribution in [1.29, 1.82) is 0 Å². The summed E-state index contributed by atoms with van der Waals surface area (Å²) in [4.78, 5) is 32.2. The number of rotatable bonds is 10. The van der Waals surface area contributed by atoms with Crippen LogP contribution in [0.25, 0.3) is 44.6 Å². The number of aromatic amines is 2. The average molecular weight is 545 g/mol. The van der Waals surface area contributed by atoms with Gasteiger partial charge in [0.15, 0.2) is 5.82 Å². The SMILES string of the molecule is CCCCN(CC)c1cncc2[nH]c(-c3n[nH]c4ccc(-c5cncc(NC(=O)Cc6ccccc6)c5)cc34)nc12. The minimum Gasteiger partial charge on any atom is -0.369 e. The molecule has 206 valence electrons. The van der Waals surface area contributed by atoms with Crippen molar-refractivity contribution in [3.05, 3.63) is 84.9 Å². The lowest BCUT2D eigenvalue weighted by atomic mass is 10.0. The fourth-order valence-corrected chi connectivity index (χ4v) is 5.09. The number of aromatic nitrogens is 6. The molecule has 9 heteroatoms. The maximum absolute atomic E-state index is 12.6. The molecule has 0 saturated heterocycles. The number of anilines is 2. The van der Waals surface area contributed by atoms with Gasteiger partial charge in [0.2, 0.25) is 5.91 Å². The number of nitrogens with one attached hydrogen (secondary N) is 3. The third-order valence-electron chi connectivity index (χ3n) is 7.23. The molecule has 0 aliphatic carbocycles. The molecule has 41 heavy (non-hydrogen) atoms. The highest BCUT2D eigenvalue weighted by molar-refractivity contribution is 5.98. The van der Waals surface area contributed by atoms with Gasteiger partial charge in [0.05, 0.1) is 47.4 Å². The lowest BCUT2D eigenvalue weighted by Gasteiger charge is -2.22. The largest absolute Gasteiger partial charge is 0.369 e. The summed E-state index contributed by atoms with van der Waals surface area (Å²) in [5.41, 5.74) is 7.90. The molecule has 0 aliphatic rings. The number of H-pyrrole nitrogens is 2. The molecule has 0 atom stereocenters. The summed E-state index contributed by atoms with van der Waals surface area (Å²) in [6, 6.07) is 17.7. The maximum Gasteiger partial charge on any atom is 0.228 e. The number of nitrogens with zero attached hydrogens (tertiary/aromatic N) is 5. The van der Waals surface area contributed by atoms with Crippen molar-refractivity contribution < 1.29 is 4.79 Å². The fourth-order valence-electron chi connectivity index (χ4n) is 5.09. The normalized spacial score (nSPS) is 11.3. The van der Waals surface area contributed by atoms with E-state index in [-0.39, 0.29) is 5.91 Å². The molecule has 4 aromatic heterocycles. The van der Waals surface area contributed by atoms with Crippen LogP contribution >= 0.6 is 0 Å². The Kier molecular flexibility index (Phi) is 7.40. The zero-order valence-corrected chi connectivity index (χ0v) is 23.2. The summed E-state index contributed by atoms with van der Waals surface area (Å²) in [6.07, 6.45) is 9.71. The number of imidazole rings is 1. The van der Waals surface area contributed by atoms with Crippen LogP contribution in [-0.2, 0) is 11.2 Å². The number of unbranched alkanes of at least 4 members (excludes halogenated alkanes) is 1. The number of fused-ring (bicyclic) bond motifs is 2. The number of hydrogen-bond acceptors (Lipinski definition) is 6. The van der Waals surface area contributed by atoms with Crippen LogP contribution in [0.15, 0.2) is 79.4 Å². The van der Waals surface area contributed by atoms with Crippen LogP contribution in [0.4, 0.5) is 11.4 Å².